The van der Waals surface area contributed by atoms with Crippen molar-refractivity contribution in [1.82, 2.24) is 0 Å². The monoisotopic (exact) mass is 323 g/mol. The van der Waals surface area contributed by atoms with Gasteiger partial charge in [0.05, 0.1) is 6.10 Å². The molecule has 2 rings (SSSR count). The van der Waals surface area contributed by atoms with E-state index in [1.54, 1.807) is 6.07 Å². The molecule has 4 heteroatoms. The lowest BCUT2D eigenvalue weighted by atomic mass is 9.99. The molecule has 0 heterocycles. The molecule has 2 nitrogen and oxygen atoms in total. The minimum Gasteiger partial charge on any atom is -0.491 e. The van der Waals surface area contributed by atoms with Crippen molar-refractivity contribution in [3.8, 4) is 5.75 Å². The first kappa shape index (κ1) is 16.2. The van der Waals surface area contributed by atoms with Crippen LogP contribution < -0.4 is 10.5 Å². The first-order valence-electron chi connectivity index (χ1n) is 6.92. The maximum Gasteiger partial charge on any atom is 0.124 e. The molecule has 0 fully saturated rings. The molecule has 0 amide bonds. The standard InChI is InChI=1S/C17H19Cl2NO/c1-11(2)21-17-6-4-3-5-14(17)16(20)9-12-7-8-13(18)10-15(12)19/h3-8,10-11,16H,9,20H2,1-2H3. The Morgan fingerprint density at radius 1 is 1.10 bits per heavy atom. The maximum atomic E-state index is 6.34. The van der Waals surface area contributed by atoms with Crippen LogP contribution in [0.5, 0.6) is 5.75 Å². The van der Waals surface area contributed by atoms with E-state index in [4.69, 9.17) is 33.7 Å². The van der Waals surface area contributed by atoms with Crippen LogP contribution in [-0.2, 0) is 6.42 Å². The first-order valence-corrected chi connectivity index (χ1v) is 7.68. The van der Waals surface area contributed by atoms with Crippen LogP contribution in [0.3, 0.4) is 0 Å². The molecule has 2 aromatic rings. The summed E-state index contributed by atoms with van der Waals surface area (Å²) in [6, 6.07) is 13.1. The van der Waals surface area contributed by atoms with E-state index in [0.717, 1.165) is 16.9 Å². The average Bonchev–Trinajstić information content (AvgIpc) is 2.42. The quantitative estimate of drug-likeness (QED) is 0.838. The molecule has 0 spiro atoms. The van der Waals surface area contributed by atoms with Crippen molar-refractivity contribution in [2.24, 2.45) is 5.73 Å². The fourth-order valence-electron chi connectivity index (χ4n) is 2.18. The molecule has 1 atom stereocenters. The van der Waals surface area contributed by atoms with Crippen LogP contribution in [0, 0.1) is 0 Å². The summed E-state index contributed by atoms with van der Waals surface area (Å²) in [5.41, 5.74) is 8.30. The van der Waals surface area contributed by atoms with Gasteiger partial charge in [0.15, 0.2) is 0 Å². The number of hydrogen-bond donors (Lipinski definition) is 1. The average molecular weight is 324 g/mol. The second-order valence-electron chi connectivity index (χ2n) is 5.25. The molecule has 0 aliphatic heterocycles. The number of para-hydroxylation sites is 1. The highest BCUT2D eigenvalue weighted by atomic mass is 35.5. The summed E-state index contributed by atoms with van der Waals surface area (Å²) in [5, 5.41) is 1.26. The van der Waals surface area contributed by atoms with Crippen molar-refractivity contribution >= 4 is 23.2 Å². The lowest BCUT2D eigenvalue weighted by Crippen LogP contribution is -2.16. The predicted octanol–water partition coefficient (Wildman–Crippen LogP) is 5.02. The molecule has 0 radical (unpaired) electrons. The number of hydrogen-bond acceptors (Lipinski definition) is 2. The number of benzene rings is 2. The largest absolute Gasteiger partial charge is 0.491 e. The molecule has 2 aromatic carbocycles. The van der Waals surface area contributed by atoms with Crippen molar-refractivity contribution in [2.45, 2.75) is 32.4 Å². The third-order valence-corrected chi connectivity index (χ3v) is 3.72. The number of nitrogens with two attached hydrogens (primary N) is 1. The van der Waals surface area contributed by atoms with Crippen LogP contribution in [-0.4, -0.2) is 6.10 Å². The Labute approximate surface area is 135 Å². The SMILES string of the molecule is CC(C)Oc1ccccc1C(N)Cc1ccc(Cl)cc1Cl. The van der Waals surface area contributed by atoms with Crippen molar-refractivity contribution < 1.29 is 4.74 Å². The van der Waals surface area contributed by atoms with Crippen LogP contribution in [0.1, 0.15) is 31.0 Å². The summed E-state index contributed by atoms with van der Waals surface area (Å²) < 4.78 is 5.82. The van der Waals surface area contributed by atoms with E-state index in [0.29, 0.717) is 16.5 Å². The van der Waals surface area contributed by atoms with E-state index in [-0.39, 0.29) is 12.1 Å². The fraction of sp³-hybridized carbons (Fsp3) is 0.294. The van der Waals surface area contributed by atoms with E-state index < -0.39 is 0 Å². The van der Waals surface area contributed by atoms with Gasteiger partial charge in [0.1, 0.15) is 5.75 Å². The second-order valence-corrected chi connectivity index (χ2v) is 6.09. The van der Waals surface area contributed by atoms with Gasteiger partial charge in [-0.1, -0.05) is 47.5 Å². The second kappa shape index (κ2) is 7.17. The smallest absolute Gasteiger partial charge is 0.124 e. The van der Waals surface area contributed by atoms with Crippen molar-refractivity contribution in [3.63, 3.8) is 0 Å². The summed E-state index contributed by atoms with van der Waals surface area (Å²) >= 11 is 12.1. The summed E-state index contributed by atoms with van der Waals surface area (Å²) in [6.45, 7) is 4.00. The van der Waals surface area contributed by atoms with Gasteiger partial charge >= 0.3 is 0 Å². The van der Waals surface area contributed by atoms with E-state index in [2.05, 4.69) is 0 Å². The Kier molecular flexibility index (Phi) is 5.51. The maximum absolute atomic E-state index is 6.34. The molecular weight excluding hydrogens is 305 g/mol. The predicted molar refractivity (Wildman–Crippen MR) is 89.3 cm³/mol. The zero-order chi connectivity index (χ0) is 15.4. The normalized spacial score (nSPS) is 12.5. The van der Waals surface area contributed by atoms with Crippen LogP contribution in [0.2, 0.25) is 10.0 Å². The third-order valence-electron chi connectivity index (χ3n) is 3.14. The molecule has 1 unspecified atom stereocenters. The molecule has 21 heavy (non-hydrogen) atoms. The summed E-state index contributed by atoms with van der Waals surface area (Å²) in [7, 11) is 0. The van der Waals surface area contributed by atoms with Crippen molar-refractivity contribution in [1.29, 1.82) is 0 Å². The van der Waals surface area contributed by atoms with E-state index >= 15 is 0 Å². The first-order chi connectivity index (χ1) is 9.97. The topological polar surface area (TPSA) is 35.2 Å². The third kappa shape index (κ3) is 4.37. The fourth-order valence-corrected chi connectivity index (χ4v) is 2.67. The van der Waals surface area contributed by atoms with Crippen LogP contribution in [0.25, 0.3) is 0 Å². The van der Waals surface area contributed by atoms with Gasteiger partial charge in [-0.15, -0.1) is 0 Å². The molecular formula is C17H19Cl2NO. The highest BCUT2D eigenvalue weighted by Crippen LogP contribution is 2.29. The van der Waals surface area contributed by atoms with Gasteiger partial charge in [-0.3, -0.25) is 0 Å². The van der Waals surface area contributed by atoms with Gasteiger partial charge in [-0.2, -0.15) is 0 Å². The minimum absolute atomic E-state index is 0.109. The number of halogens is 2. The van der Waals surface area contributed by atoms with Gasteiger partial charge in [-0.25, -0.2) is 0 Å². The Bertz CT molecular complexity index is 613. The van der Waals surface area contributed by atoms with E-state index in [9.17, 15) is 0 Å². The lowest BCUT2D eigenvalue weighted by molar-refractivity contribution is 0.238. The Balaban J connectivity index is 2.22. The minimum atomic E-state index is -0.182. The van der Waals surface area contributed by atoms with Gasteiger partial charge in [0.25, 0.3) is 0 Å². The number of rotatable bonds is 5. The Morgan fingerprint density at radius 2 is 1.81 bits per heavy atom. The van der Waals surface area contributed by atoms with Crippen molar-refractivity contribution in [3.05, 3.63) is 63.6 Å². The number of ether oxygens (including phenoxy) is 1. The zero-order valence-electron chi connectivity index (χ0n) is 12.1. The van der Waals surface area contributed by atoms with Gasteiger partial charge in [0, 0.05) is 21.7 Å². The van der Waals surface area contributed by atoms with Crippen LogP contribution in [0.15, 0.2) is 42.5 Å². The molecule has 0 saturated carbocycles. The van der Waals surface area contributed by atoms with Crippen LogP contribution in [0.4, 0.5) is 0 Å². The van der Waals surface area contributed by atoms with Gasteiger partial charge in [0.2, 0.25) is 0 Å². The summed E-state index contributed by atoms with van der Waals surface area (Å²) in [5.74, 6) is 0.824. The molecule has 0 bridgehead atoms. The molecule has 112 valence electrons. The van der Waals surface area contributed by atoms with E-state index in [1.165, 1.54) is 0 Å². The van der Waals surface area contributed by atoms with Gasteiger partial charge in [-0.05, 0) is 44.0 Å². The molecule has 0 aromatic heterocycles. The molecule has 2 N–H and O–H groups in total. The van der Waals surface area contributed by atoms with E-state index in [1.807, 2.05) is 50.2 Å². The summed E-state index contributed by atoms with van der Waals surface area (Å²) in [6.07, 6.45) is 0.742. The Morgan fingerprint density at radius 3 is 2.48 bits per heavy atom. The highest BCUT2D eigenvalue weighted by Gasteiger charge is 2.15. The summed E-state index contributed by atoms with van der Waals surface area (Å²) in [4.78, 5) is 0. The van der Waals surface area contributed by atoms with Crippen molar-refractivity contribution in [2.75, 3.05) is 0 Å². The highest BCUT2D eigenvalue weighted by molar-refractivity contribution is 6.35. The Hall–Kier alpha value is -1.22. The molecule has 0 aliphatic rings. The molecule has 0 saturated heterocycles. The van der Waals surface area contributed by atoms with Gasteiger partial charge < -0.3 is 10.5 Å². The molecule has 0 aliphatic carbocycles. The van der Waals surface area contributed by atoms with Crippen LogP contribution >= 0.6 is 23.2 Å². The lowest BCUT2D eigenvalue weighted by Gasteiger charge is -2.19. The zero-order valence-corrected chi connectivity index (χ0v) is 13.7.